The van der Waals surface area contributed by atoms with Crippen molar-refractivity contribution in [2.24, 2.45) is 0 Å². The first kappa shape index (κ1) is 18.6. The number of hydrogen-bond donors (Lipinski definition) is 4. The van der Waals surface area contributed by atoms with Crippen molar-refractivity contribution in [3.8, 4) is 0 Å². The second-order valence-electron chi connectivity index (χ2n) is 3.91. The molecule has 9 nitrogen and oxygen atoms in total. The van der Waals surface area contributed by atoms with Gasteiger partial charge in [-0.3, -0.25) is 14.4 Å². The molecule has 0 aliphatic rings. The van der Waals surface area contributed by atoms with E-state index in [1.54, 1.807) is 12.4 Å². The summed E-state index contributed by atoms with van der Waals surface area (Å²) < 4.78 is 0. The van der Waals surface area contributed by atoms with Crippen LogP contribution in [-0.2, 0) is 20.9 Å². The van der Waals surface area contributed by atoms with E-state index in [0.29, 0.717) is 18.9 Å². The number of carboxylic acid groups (broad SMARTS) is 1. The maximum Gasteiger partial charge on any atom is 0.290 e. The Balaban J connectivity index is 0.00000122. The Hall–Kier alpha value is -2.42. The van der Waals surface area contributed by atoms with E-state index in [-0.39, 0.29) is 37.9 Å². The molecule has 2 amide bonds. The van der Waals surface area contributed by atoms with E-state index in [1.807, 2.05) is 0 Å². The Kier molecular flexibility index (Phi) is 10.1. The van der Waals surface area contributed by atoms with E-state index in [4.69, 9.17) is 15.0 Å². The number of carbonyl (C=O) groups is 3. The first-order valence-corrected chi connectivity index (χ1v) is 6.24. The molecule has 0 bridgehead atoms. The molecule has 9 heteroatoms. The summed E-state index contributed by atoms with van der Waals surface area (Å²) in [6, 6.07) is 0. The Morgan fingerprint density at radius 2 is 2.19 bits per heavy atom. The van der Waals surface area contributed by atoms with Gasteiger partial charge in [-0.15, -0.1) is 0 Å². The van der Waals surface area contributed by atoms with Crippen molar-refractivity contribution in [3.05, 3.63) is 18.2 Å². The van der Waals surface area contributed by atoms with Crippen molar-refractivity contribution >= 4 is 18.3 Å². The van der Waals surface area contributed by atoms with E-state index in [2.05, 4.69) is 15.3 Å². The molecule has 0 fully saturated rings. The normalized spacial score (nSPS) is 9.24. The lowest BCUT2D eigenvalue weighted by Gasteiger charge is -2.20. The summed E-state index contributed by atoms with van der Waals surface area (Å²) in [5.41, 5.74) is 0. The summed E-state index contributed by atoms with van der Waals surface area (Å²) in [5.74, 6) is 0.369. The van der Waals surface area contributed by atoms with E-state index in [1.165, 1.54) is 11.8 Å². The summed E-state index contributed by atoms with van der Waals surface area (Å²) in [7, 11) is 0. The van der Waals surface area contributed by atoms with Crippen molar-refractivity contribution < 1.29 is 24.6 Å². The van der Waals surface area contributed by atoms with Gasteiger partial charge in [0.05, 0.1) is 13.2 Å². The third-order valence-corrected chi connectivity index (χ3v) is 2.33. The lowest BCUT2D eigenvalue weighted by atomic mass is 10.3. The second kappa shape index (κ2) is 11.4. The number of amides is 2. The molecule has 21 heavy (non-hydrogen) atoms. The number of nitrogens with zero attached hydrogens (tertiary/aromatic N) is 2. The number of aromatic nitrogens is 2. The fraction of sp³-hybridized carbons (Fsp3) is 0.500. The summed E-state index contributed by atoms with van der Waals surface area (Å²) >= 11 is 0. The summed E-state index contributed by atoms with van der Waals surface area (Å²) in [5, 5.41) is 18.4. The van der Waals surface area contributed by atoms with Gasteiger partial charge < -0.3 is 25.4 Å². The average molecular weight is 300 g/mol. The van der Waals surface area contributed by atoms with Gasteiger partial charge in [-0.05, 0) is 0 Å². The van der Waals surface area contributed by atoms with Gasteiger partial charge in [-0.2, -0.15) is 0 Å². The molecule has 4 N–H and O–H groups in total. The van der Waals surface area contributed by atoms with Crippen LogP contribution >= 0.6 is 0 Å². The highest BCUT2D eigenvalue weighted by Crippen LogP contribution is 2.01. The van der Waals surface area contributed by atoms with Gasteiger partial charge in [-0.25, -0.2) is 4.98 Å². The van der Waals surface area contributed by atoms with Crippen molar-refractivity contribution in [2.45, 2.75) is 19.9 Å². The minimum Gasteiger partial charge on any atom is -0.483 e. The minimum atomic E-state index is -0.250. The summed E-state index contributed by atoms with van der Waals surface area (Å²) in [6.45, 7) is 1.92. The van der Waals surface area contributed by atoms with Gasteiger partial charge in [0.2, 0.25) is 11.8 Å². The molecule has 0 radical (unpaired) electrons. The van der Waals surface area contributed by atoms with Gasteiger partial charge in [0.15, 0.2) is 0 Å². The lowest BCUT2D eigenvalue weighted by molar-refractivity contribution is -0.132. The fourth-order valence-corrected chi connectivity index (χ4v) is 1.48. The third kappa shape index (κ3) is 9.16. The molecule has 118 valence electrons. The number of rotatable bonds is 7. The molecular weight excluding hydrogens is 280 g/mol. The van der Waals surface area contributed by atoms with Crippen LogP contribution in [0, 0.1) is 0 Å². The molecule has 0 aliphatic heterocycles. The third-order valence-electron chi connectivity index (χ3n) is 2.33. The van der Waals surface area contributed by atoms with Crippen LogP contribution in [0.1, 0.15) is 19.2 Å². The number of nitrogens with one attached hydrogen (secondary N) is 2. The average Bonchev–Trinajstić information content (AvgIpc) is 2.91. The number of aromatic amines is 1. The molecule has 0 aliphatic carbocycles. The van der Waals surface area contributed by atoms with Crippen LogP contribution < -0.4 is 5.32 Å². The number of H-pyrrole nitrogens is 1. The zero-order valence-electron chi connectivity index (χ0n) is 11.8. The highest BCUT2D eigenvalue weighted by atomic mass is 16.3. The number of imidazole rings is 1. The molecule has 1 aromatic rings. The van der Waals surface area contributed by atoms with Crippen molar-refractivity contribution in [1.29, 1.82) is 0 Å². The highest BCUT2D eigenvalue weighted by Gasteiger charge is 2.14. The standard InChI is InChI=1S/C11H18N4O3.CH2O2/c1-9(17)12-3-2-11(18)15(6-7-16)8-10-13-4-5-14-10;2-1-3/h4-5,16H,2-3,6-8H2,1H3,(H,12,17)(H,13,14);1H,(H,2,3). The molecule has 0 atom stereocenters. The number of aliphatic hydroxyl groups excluding tert-OH is 1. The molecule has 0 spiro atoms. The zero-order chi connectivity index (χ0) is 16.1. The van der Waals surface area contributed by atoms with Crippen LogP contribution in [0.3, 0.4) is 0 Å². The summed E-state index contributed by atoms with van der Waals surface area (Å²) in [6.07, 6.45) is 3.49. The smallest absolute Gasteiger partial charge is 0.290 e. The van der Waals surface area contributed by atoms with Crippen LogP contribution in [0.4, 0.5) is 0 Å². The highest BCUT2D eigenvalue weighted by molar-refractivity contribution is 5.78. The molecule has 0 aromatic carbocycles. The first-order chi connectivity index (χ1) is 10.0. The SMILES string of the molecule is CC(=O)NCCC(=O)N(CCO)Cc1ncc[nH]1.O=CO. The molecule has 1 heterocycles. The largest absolute Gasteiger partial charge is 0.483 e. The van der Waals surface area contributed by atoms with Crippen molar-refractivity contribution in [3.63, 3.8) is 0 Å². The quantitative estimate of drug-likeness (QED) is 0.475. The Bertz CT molecular complexity index is 421. The zero-order valence-corrected chi connectivity index (χ0v) is 11.8. The van der Waals surface area contributed by atoms with Gasteiger partial charge in [0.25, 0.3) is 6.47 Å². The Morgan fingerprint density at radius 1 is 1.52 bits per heavy atom. The number of hydrogen-bond acceptors (Lipinski definition) is 5. The van der Waals surface area contributed by atoms with E-state index < -0.39 is 0 Å². The molecular formula is C12H20N4O5. The molecule has 0 saturated carbocycles. The minimum absolute atomic E-state index is 0.105. The van der Waals surface area contributed by atoms with Crippen LogP contribution in [0.2, 0.25) is 0 Å². The van der Waals surface area contributed by atoms with E-state index in [9.17, 15) is 9.59 Å². The van der Waals surface area contributed by atoms with Crippen LogP contribution in [-0.4, -0.2) is 63.1 Å². The fourth-order valence-electron chi connectivity index (χ4n) is 1.48. The Labute approximate surface area is 122 Å². The van der Waals surface area contributed by atoms with E-state index in [0.717, 1.165) is 0 Å². The Morgan fingerprint density at radius 3 is 2.67 bits per heavy atom. The second-order valence-corrected chi connectivity index (χ2v) is 3.91. The van der Waals surface area contributed by atoms with Crippen LogP contribution in [0.5, 0.6) is 0 Å². The van der Waals surface area contributed by atoms with Crippen LogP contribution in [0.25, 0.3) is 0 Å². The molecule has 1 rings (SSSR count). The molecule has 0 saturated heterocycles. The summed E-state index contributed by atoms with van der Waals surface area (Å²) in [4.78, 5) is 39.3. The number of carbonyl (C=O) groups excluding carboxylic acids is 2. The number of aliphatic hydroxyl groups is 1. The monoisotopic (exact) mass is 300 g/mol. The molecule has 0 unspecified atom stereocenters. The lowest BCUT2D eigenvalue weighted by Crippen LogP contribution is -2.35. The predicted molar refractivity (Wildman–Crippen MR) is 73.1 cm³/mol. The maximum absolute atomic E-state index is 11.9. The van der Waals surface area contributed by atoms with Crippen molar-refractivity contribution in [1.82, 2.24) is 20.2 Å². The topological polar surface area (TPSA) is 136 Å². The van der Waals surface area contributed by atoms with E-state index >= 15 is 0 Å². The van der Waals surface area contributed by atoms with Gasteiger partial charge in [-0.1, -0.05) is 0 Å². The van der Waals surface area contributed by atoms with Crippen LogP contribution in [0.15, 0.2) is 12.4 Å². The first-order valence-electron chi connectivity index (χ1n) is 6.24. The van der Waals surface area contributed by atoms with Crippen molar-refractivity contribution in [2.75, 3.05) is 19.7 Å². The van der Waals surface area contributed by atoms with Gasteiger partial charge in [0, 0.05) is 38.8 Å². The molecule has 1 aromatic heterocycles. The van der Waals surface area contributed by atoms with Gasteiger partial charge >= 0.3 is 0 Å². The predicted octanol–water partition coefficient (Wildman–Crippen LogP) is -1.04. The van der Waals surface area contributed by atoms with Gasteiger partial charge in [0.1, 0.15) is 5.82 Å². The maximum atomic E-state index is 11.9.